The highest BCUT2D eigenvalue weighted by Crippen LogP contribution is 2.20. The van der Waals surface area contributed by atoms with Crippen molar-refractivity contribution >= 4 is 6.03 Å². The predicted octanol–water partition coefficient (Wildman–Crippen LogP) is 1.85. The zero-order valence-electron chi connectivity index (χ0n) is 12.5. The number of nitrogens with one attached hydrogen (secondary N) is 2. The van der Waals surface area contributed by atoms with Crippen molar-refractivity contribution in [1.29, 1.82) is 0 Å². The summed E-state index contributed by atoms with van der Waals surface area (Å²) < 4.78 is 2.25. The van der Waals surface area contributed by atoms with Gasteiger partial charge in [0.25, 0.3) is 0 Å². The predicted molar refractivity (Wildman–Crippen MR) is 84.5 cm³/mol. The van der Waals surface area contributed by atoms with Crippen molar-refractivity contribution in [2.24, 2.45) is 5.73 Å². The molecular formula is C16H22N4O. The fraction of sp³-hybridized carbons (Fsp3) is 0.312. The van der Waals surface area contributed by atoms with E-state index in [1.807, 2.05) is 18.2 Å². The summed E-state index contributed by atoms with van der Waals surface area (Å²) in [5.74, 6) is 0. The average Bonchev–Trinajstić information content (AvgIpc) is 2.74. The molecule has 1 aromatic carbocycles. The number of nitrogens with zero attached hydrogens (tertiary/aromatic N) is 1. The molecule has 0 saturated heterocycles. The first-order chi connectivity index (χ1) is 10.1. The first-order valence-corrected chi connectivity index (χ1v) is 7.07. The van der Waals surface area contributed by atoms with Crippen LogP contribution in [0.15, 0.2) is 36.4 Å². The van der Waals surface area contributed by atoms with Crippen LogP contribution in [0.25, 0.3) is 5.69 Å². The highest BCUT2D eigenvalue weighted by atomic mass is 16.2. The van der Waals surface area contributed by atoms with Crippen LogP contribution in [0.4, 0.5) is 4.79 Å². The number of hydrogen-bond acceptors (Lipinski definition) is 2. The Morgan fingerprint density at radius 3 is 2.57 bits per heavy atom. The topological polar surface area (TPSA) is 72.1 Å². The first kappa shape index (κ1) is 15.1. The van der Waals surface area contributed by atoms with Gasteiger partial charge in [0.15, 0.2) is 0 Å². The zero-order chi connectivity index (χ0) is 15.2. The lowest BCUT2D eigenvalue weighted by molar-refractivity contribution is 0.249. The van der Waals surface area contributed by atoms with E-state index in [0.717, 1.165) is 6.54 Å². The second-order valence-electron chi connectivity index (χ2n) is 5.04. The van der Waals surface area contributed by atoms with E-state index in [1.54, 1.807) is 0 Å². The van der Waals surface area contributed by atoms with E-state index in [4.69, 9.17) is 5.73 Å². The lowest BCUT2D eigenvalue weighted by Crippen LogP contribution is -2.35. The molecule has 4 N–H and O–H groups in total. The van der Waals surface area contributed by atoms with Crippen molar-refractivity contribution in [3.05, 3.63) is 53.3 Å². The minimum Gasteiger partial charge on any atom is -0.352 e. The Balaban J connectivity index is 2.01. The van der Waals surface area contributed by atoms with Crippen LogP contribution < -0.4 is 16.4 Å². The molecule has 21 heavy (non-hydrogen) atoms. The highest BCUT2D eigenvalue weighted by molar-refractivity contribution is 5.71. The van der Waals surface area contributed by atoms with E-state index in [-0.39, 0.29) is 0 Å². The molecule has 0 fully saturated rings. The molecule has 0 radical (unpaired) electrons. The molecule has 1 heterocycles. The summed E-state index contributed by atoms with van der Waals surface area (Å²) in [6.45, 7) is 6.23. The van der Waals surface area contributed by atoms with Gasteiger partial charge in [-0.25, -0.2) is 4.79 Å². The summed E-state index contributed by atoms with van der Waals surface area (Å²) in [4.78, 5) is 10.6. The van der Waals surface area contributed by atoms with Gasteiger partial charge in [-0.1, -0.05) is 18.2 Å². The van der Waals surface area contributed by atoms with Crippen LogP contribution in [-0.4, -0.2) is 23.7 Å². The number of carbonyl (C=O) groups is 1. The summed E-state index contributed by atoms with van der Waals surface area (Å²) in [6, 6.07) is 12.0. The number of amides is 2. The summed E-state index contributed by atoms with van der Waals surface area (Å²) in [5, 5.41) is 5.87. The Labute approximate surface area is 125 Å². The SMILES string of the molecule is Cc1cc(CNCCNC(N)=O)c(C)n1-c1ccccc1. The molecule has 0 bridgehead atoms. The van der Waals surface area contributed by atoms with E-state index < -0.39 is 6.03 Å². The molecule has 5 heteroatoms. The maximum atomic E-state index is 10.6. The minimum atomic E-state index is -0.487. The Hall–Kier alpha value is -2.27. The van der Waals surface area contributed by atoms with E-state index in [0.29, 0.717) is 13.1 Å². The molecule has 2 amide bonds. The normalized spacial score (nSPS) is 10.6. The maximum Gasteiger partial charge on any atom is 0.312 e. The fourth-order valence-electron chi connectivity index (χ4n) is 2.48. The second-order valence-corrected chi connectivity index (χ2v) is 5.04. The van der Waals surface area contributed by atoms with Gasteiger partial charge in [0, 0.05) is 36.7 Å². The average molecular weight is 286 g/mol. The van der Waals surface area contributed by atoms with Crippen molar-refractivity contribution in [2.75, 3.05) is 13.1 Å². The number of aromatic nitrogens is 1. The van der Waals surface area contributed by atoms with Crippen molar-refractivity contribution < 1.29 is 4.79 Å². The number of rotatable bonds is 6. The molecule has 0 saturated carbocycles. The number of primary amides is 1. The lowest BCUT2D eigenvalue weighted by atomic mass is 10.2. The van der Waals surface area contributed by atoms with E-state index in [9.17, 15) is 4.79 Å². The number of hydrogen-bond donors (Lipinski definition) is 3. The van der Waals surface area contributed by atoms with Crippen LogP contribution >= 0.6 is 0 Å². The van der Waals surface area contributed by atoms with Gasteiger partial charge in [0.1, 0.15) is 0 Å². The van der Waals surface area contributed by atoms with Gasteiger partial charge in [0.05, 0.1) is 0 Å². The van der Waals surface area contributed by atoms with Crippen LogP contribution in [0.3, 0.4) is 0 Å². The van der Waals surface area contributed by atoms with E-state index in [1.165, 1.54) is 22.6 Å². The van der Waals surface area contributed by atoms with Crippen LogP contribution in [0.1, 0.15) is 17.0 Å². The number of nitrogens with two attached hydrogens (primary N) is 1. The summed E-state index contributed by atoms with van der Waals surface area (Å²) >= 11 is 0. The van der Waals surface area contributed by atoms with E-state index >= 15 is 0 Å². The van der Waals surface area contributed by atoms with Crippen LogP contribution in [-0.2, 0) is 6.54 Å². The molecule has 0 unspecified atom stereocenters. The molecule has 2 aromatic rings. The monoisotopic (exact) mass is 286 g/mol. The van der Waals surface area contributed by atoms with Gasteiger partial charge in [-0.3, -0.25) is 0 Å². The summed E-state index contributed by atoms with van der Waals surface area (Å²) in [5.41, 5.74) is 9.90. The quantitative estimate of drug-likeness (QED) is 0.709. The van der Waals surface area contributed by atoms with Gasteiger partial charge in [0.2, 0.25) is 0 Å². The second kappa shape index (κ2) is 6.95. The lowest BCUT2D eigenvalue weighted by Gasteiger charge is -2.10. The summed E-state index contributed by atoms with van der Waals surface area (Å²) in [7, 11) is 0. The number of aryl methyl sites for hydroxylation is 1. The van der Waals surface area contributed by atoms with Gasteiger partial charge < -0.3 is 20.9 Å². The third-order valence-electron chi connectivity index (χ3n) is 3.47. The number of para-hydroxylation sites is 1. The van der Waals surface area contributed by atoms with E-state index in [2.05, 4.69) is 47.2 Å². The molecule has 0 spiro atoms. The van der Waals surface area contributed by atoms with Crippen molar-refractivity contribution in [3.8, 4) is 5.69 Å². The maximum absolute atomic E-state index is 10.6. The number of carbonyl (C=O) groups excluding carboxylic acids is 1. The van der Waals surface area contributed by atoms with Crippen LogP contribution in [0, 0.1) is 13.8 Å². The van der Waals surface area contributed by atoms with Crippen LogP contribution in [0.5, 0.6) is 0 Å². The van der Waals surface area contributed by atoms with Crippen molar-refractivity contribution in [3.63, 3.8) is 0 Å². The molecule has 0 aliphatic carbocycles. The van der Waals surface area contributed by atoms with Gasteiger partial charge in [-0.05, 0) is 37.6 Å². The smallest absolute Gasteiger partial charge is 0.312 e. The Morgan fingerprint density at radius 2 is 1.90 bits per heavy atom. The van der Waals surface area contributed by atoms with Crippen molar-refractivity contribution in [2.45, 2.75) is 20.4 Å². The Kier molecular flexibility index (Phi) is 5.00. The standard InChI is InChI=1S/C16H22N4O/c1-12-10-14(11-18-8-9-19-16(17)21)13(2)20(12)15-6-4-3-5-7-15/h3-7,10,18H,8-9,11H2,1-2H3,(H3,17,19,21). The molecule has 5 nitrogen and oxygen atoms in total. The largest absolute Gasteiger partial charge is 0.352 e. The number of urea groups is 1. The molecule has 112 valence electrons. The Bertz CT molecular complexity index is 604. The van der Waals surface area contributed by atoms with Crippen molar-refractivity contribution in [1.82, 2.24) is 15.2 Å². The molecule has 0 aliphatic heterocycles. The van der Waals surface area contributed by atoms with Gasteiger partial charge in [-0.15, -0.1) is 0 Å². The molecule has 0 atom stereocenters. The number of benzene rings is 1. The van der Waals surface area contributed by atoms with Gasteiger partial charge in [-0.2, -0.15) is 0 Å². The van der Waals surface area contributed by atoms with Gasteiger partial charge >= 0.3 is 6.03 Å². The molecular weight excluding hydrogens is 264 g/mol. The summed E-state index contributed by atoms with van der Waals surface area (Å²) in [6.07, 6.45) is 0. The molecule has 1 aromatic heterocycles. The highest BCUT2D eigenvalue weighted by Gasteiger charge is 2.09. The zero-order valence-corrected chi connectivity index (χ0v) is 12.5. The van der Waals surface area contributed by atoms with Crippen LogP contribution in [0.2, 0.25) is 0 Å². The molecule has 2 rings (SSSR count). The Morgan fingerprint density at radius 1 is 1.19 bits per heavy atom. The minimum absolute atomic E-state index is 0.487. The third kappa shape index (κ3) is 3.86. The fourth-order valence-corrected chi connectivity index (χ4v) is 2.48. The third-order valence-corrected chi connectivity index (χ3v) is 3.47. The first-order valence-electron chi connectivity index (χ1n) is 7.07. The molecule has 0 aliphatic rings.